The molecule has 0 saturated carbocycles. The largest absolute Gasteiger partial charge is 0.462 e. The number of hydrogen-bond acceptors (Lipinski definition) is 5. The number of carbonyl (C=O) groups is 1. The van der Waals surface area contributed by atoms with E-state index in [1.165, 1.54) is 29.4 Å². The van der Waals surface area contributed by atoms with Gasteiger partial charge in [-0.25, -0.2) is 0 Å². The van der Waals surface area contributed by atoms with Crippen molar-refractivity contribution in [2.75, 3.05) is 4.90 Å². The molecule has 0 unspecified atom stereocenters. The molecule has 1 fully saturated rings. The molecule has 3 aromatic rings. The van der Waals surface area contributed by atoms with Gasteiger partial charge in [-0.15, -0.1) is 0 Å². The molecule has 0 radical (unpaired) electrons. The molecule has 1 saturated heterocycles. The topological polar surface area (TPSA) is 50.5 Å². The molecule has 1 aliphatic rings. The van der Waals surface area contributed by atoms with Crippen LogP contribution < -0.4 is 10.3 Å². The Bertz CT molecular complexity index is 1230. The summed E-state index contributed by atoms with van der Waals surface area (Å²) in [6.45, 7) is 1.96. The van der Waals surface area contributed by atoms with E-state index >= 15 is 0 Å². The van der Waals surface area contributed by atoms with E-state index in [1.54, 1.807) is 0 Å². The fourth-order valence-corrected chi connectivity index (χ4v) is 4.63. The Kier molecular flexibility index (Phi) is 5.05. The second-order valence-electron chi connectivity index (χ2n) is 6.14. The summed E-state index contributed by atoms with van der Waals surface area (Å²) in [5, 5.41) is 0.824. The fourth-order valence-electron chi connectivity index (χ4n) is 2.81. The summed E-state index contributed by atoms with van der Waals surface area (Å²) in [5.41, 5.74) is 1.90. The Morgan fingerprint density at radius 2 is 1.86 bits per heavy atom. The first-order valence-electron chi connectivity index (χ1n) is 8.10. The zero-order valence-electron chi connectivity index (χ0n) is 14.4. The zero-order chi connectivity index (χ0) is 20.0. The van der Waals surface area contributed by atoms with Gasteiger partial charge in [0.2, 0.25) is 0 Å². The van der Waals surface area contributed by atoms with E-state index in [2.05, 4.69) is 0 Å². The normalized spacial score (nSPS) is 15.8. The highest BCUT2D eigenvalue weighted by atomic mass is 35.5. The summed E-state index contributed by atoms with van der Waals surface area (Å²) in [7, 11) is 0. The van der Waals surface area contributed by atoms with Gasteiger partial charge in [0, 0.05) is 5.02 Å². The molecule has 4 rings (SSSR count). The van der Waals surface area contributed by atoms with E-state index in [-0.39, 0.29) is 32.9 Å². The highest BCUT2D eigenvalue weighted by Gasteiger charge is 2.33. The molecule has 0 bridgehead atoms. The van der Waals surface area contributed by atoms with Gasteiger partial charge in [-0.1, -0.05) is 64.9 Å². The van der Waals surface area contributed by atoms with E-state index in [1.807, 2.05) is 31.2 Å². The first kappa shape index (κ1) is 19.2. The van der Waals surface area contributed by atoms with Crippen LogP contribution in [-0.2, 0) is 4.79 Å². The number of carbonyl (C=O) groups excluding carboxylic acids is 1. The molecule has 8 heteroatoms. The lowest BCUT2D eigenvalue weighted by Gasteiger charge is -2.14. The molecule has 0 N–H and O–H groups in total. The molecule has 0 spiro atoms. The average molecular weight is 448 g/mol. The number of nitrogens with zero attached hydrogens (tertiary/aromatic N) is 1. The third-order valence-electron chi connectivity index (χ3n) is 4.19. The molecule has 0 aliphatic carbocycles. The minimum absolute atomic E-state index is 0.218. The van der Waals surface area contributed by atoms with Crippen LogP contribution >= 0.6 is 47.2 Å². The molecule has 1 aromatic heterocycles. The van der Waals surface area contributed by atoms with Crippen molar-refractivity contribution in [1.82, 2.24) is 0 Å². The second-order valence-corrected chi connectivity index (χ2v) is 8.66. The summed E-state index contributed by atoms with van der Waals surface area (Å²) in [4.78, 5) is 27.5. The molecule has 2 aromatic carbocycles. The summed E-state index contributed by atoms with van der Waals surface area (Å²) >= 11 is 18.6. The van der Waals surface area contributed by atoms with Gasteiger partial charge in [-0.05, 0) is 37.3 Å². The van der Waals surface area contributed by atoms with Crippen LogP contribution in [0.1, 0.15) is 11.1 Å². The molecule has 2 heterocycles. The maximum Gasteiger partial charge on any atom is 0.270 e. The quantitative estimate of drug-likeness (QED) is 0.366. The number of thioether (sulfide) groups is 1. The van der Waals surface area contributed by atoms with Crippen LogP contribution in [0.15, 0.2) is 56.8 Å². The van der Waals surface area contributed by atoms with E-state index in [9.17, 15) is 9.59 Å². The van der Waals surface area contributed by atoms with Crippen molar-refractivity contribution in [3.05, 3.63) is 79.0 Å². The van der Waals surface area contributed by atoms with Gasteiger partial charge in [0.05, 0.1) is 26.6 Å². The molecule has 1 amide bonds. The molecular weight excluding hydrogens is 437 g/mol. The number of thiocarbonyl (C=S) groups is 1. The summed E-state index contributed by atoms with van der Waals surface area (Å²) < 4.78 is 5.90. The standard InChI is InChI=1S/C20H11Cl2NO3S2/c1-10-2-4-13(5-3-10)23-19(25)16(28-20(23)27)6-11-9-26-18-14(17(11)24)7-12(21)8-15(18)22/h2-9H,1H3/b16-6+. The van der Waals surface area contributed by atoms with Crippen LogP contribution in [0, 0.1) is 6.92 Å². The number of rotatable bonds is 2. The lowest BCUT2D eigenvalue weighted by molar-refractivity contribution is -0.113. The molecule has 28 heavy (non-hydrogen) atoms. The minimum atomic E-state index is -0.328. The Morgan fingerprint density at radius 3 is 2.57 bits per heavy atom. The van der Waals surface area contributed by atoms with Crippen molar-refractivity contribution in [3.8, 4) is 0 Å². The SMILES string of the molecule is Cc1ccc(N2C(=O)/C(=C\c3coc4c(Cl)cc(Cl)cc4c3=O)SC2=S)cc1. The van der Waals surface area contributed by atoms with Crippen LogP contribution in [0.5, 0.6) is 0 Å². The van der Waals surface area contributed by atoms with Gasteiger partial charge in [0.25, 0.3) is 5.91 Å². The van der Waals surface area contributed by atoms with Crippen LogP contribution in [0.3, 0.4) is 0 Å². The molecule has 1 aliphatic heterocycles. The number of benzene rings is 2. The van der Waals surface area contributed by atoms with Crippen molar-refractivity contribution in [1.29, 1.82) is 0 Å². The van der Waals surface area contributed by atoms with Gasteiger partial charge < -0.3 is 4.42 Å². The summed E-state index contributed by atoms with van der Waals surface area (Å²) in [6.07, 6.45) is 2.76. The van der Waals surface area contributed by atoms with E-state index < -0.39 is 0 Å². The number of halogens is 2. The van der Waals surface area contributed by atoms with Crippen LogP contribution in [0.25, 0.3) is 17.0 Å². The number of aryl methyl sites for hydroxylation is 1. The van der Waals surface area contributed by atoms with Gasteiger partial charge in [0.15, 0.2) is 15.3 Å². The second kappa shape index (κ2) is 7.37. The third kappa shape index (κ3) is 3.37. The first-order chi connectivity index (χ1) is 13.3. The van der Waals surface area contributed by atoms with Gasteiger partial charge in [-0.3, -0.25) is 14.5 Å². The zero-order valence-corrected chi connectivity index (χ0v) is 17.5. The summed E-state index contributed by atoms with van der Waals surface area (Å²) in [5.74, 6) is -0.289. The third-order valence-corrected chi connectivity index (χ3v) is 5.99. The van der Waals surface area contributed by atoms with E-state index in [0.29, 0.717) is 19.9 Å². The summed E-state index contributed by atoms with van der Waals surface area (Å²) in [6, 6.07) is 10.5. The predicted molar refractivity (Wildman–Crippen MR) is 119 cm³/mol. The van der Waals surface area contributed by atoms with Crippen molar-refractivity contribution in [2.45, 2.75) is 6.92 Å². The lowest BCUT2D eigenvalue weighted by atomic mass is 10.1. The molecule has 4 nitrogen and oxygen atoms in total. The van der Waals surface area contributed by atoms with Crippen molar-refractivity contribution in [3.63, 3.8) is 0 Å². The predicted octanol–water partition coefficient (Wildman–Crippen LogP) is 5.81. The van der Waals surface area contributed by atoms with Crippen LogP contribution in [-0.4, -0.2) is 10.2 Å². The first-order valence-corrected chi connectivity index (χ1v) is 10.1. The Balaban J connectivity index is 1.76. The van der Waals surface area contributed by atoms with E-state index in [0.717, 1.165) is 17.3 Å². The van der Waals surface area contributed by atoms with Crippen molar-refractivity contribution in [2.24, 2.45) is 0 Å². The maximum atomic E-state index is 12.9. The Hall–Kier alpha value is -2.12. The van der Waals surface area contributed by atoms with E-state index in [4.69, 9.17) is 39.8 Å². The molecular formula is C20H11Cl2NO3S2. The number of anilines is 1. The monoisotopic (exact) mass is 447 g/mol. The fraction of sp³-hybridized carbons (Fsp3) is 0.0500. The highest BCUT2D eigenvalue weighted by molar-refractivity contribution is 8.27. The number of amides is 1. The lowest BCUT2D eigenvalue weighted by Crippen LogP contribution is -2.27. The maximum absolute atomic E-state index is 12.9. The highest BCUT2D eigenvalue weighted by Crippen LogP contribution is 2.36. The number of fused-ring (bicyclic) bond motifs is 1. The minimum Gasteiger partial charge on any atom is -0.462 e. The Morgan fingerprint density at radius 1 is 1.14 bits per heavy atom. The molecule has 0 atom stereocenters. The van der Waals surface area contributed by atoms with Gasteiger partial charge in [0.1, 0.15) is 6.26 Å². The molecule has 140 valence electrons. The van der Waals surface area contributed by atoms with Gasteiger partial charge in [-0.2, -0.15) is 0 Å². The Labute approximate surface area is 179 Å². The number of hydrogen-bond donors (Lipinski definition) is 0. The van der Waals surface area contributed by atoms with Crippen LogP contribution in [0.2, 0.25) is 10.0 Å². The van der Waals surface area contributed by atoms with Crippen LogP contribution in [0.4, 0.5) is 5.69 Å². The van der Waals surface area contributed by atoms with Gasteiger partial charge >= 0.3 is 0 Å². The van der Waals surface area contributed by atoms with Crippen molar-refractivity contribution < 1.29 is 9.21 Å². The average Bonchev–Trinajstić information content (AvgIpc) is 2.92. The smallest absolute Gasteiger partial charge is 0.270 e. The van der Waals surface area contributed by atoms with Crippen molar-refractivity contribution >= 4 is 80.1 Å².